The van der Waals surface area contributed by atoms with Crippen molar-refractivity contribution in [1.29, 1.82) is 0 Å². The van der Waals surface area contributed by atoms with E-state index in [1.54, 1.807) is 25.9 Å². The molecule has 8 heavy (non-hydrogen) atoms. The van der Waals surface area contributed by atoms with E-state index in [2.05, 4.69) is 6.42 Å². The fraction of sp³-hybridized carbons (Fsp3) is 0.667. The SMILES string of the molecule is C[C]CC(=O)N(C)C. The summed E-state index contributed by atoms with van der Waals surface area (Å²) in [5, 5.41) is 0. The smallest absolute Gasteiger partial charge is 0.222 e. The number of nitrogens with zero attached hydrogens (tertiary/aromatic N) is 1. The van der Waals surface area contributed by atoms with E-state index in [0.29, 0.717) is 6.42 Å². The van der Waals surface area contributed by atoms with Gasteiger partial charge in [-0.15, -0.1) is 0 Å². The van der Waals surface area contributed by atoms with Gasteiger partial charge in [-0.3, -0.25) is 4.79 Å². The van der Waals surface area contributed by atoms with Gasteiger partial charge in [-0.2, -0.15) is 0 Å². The Hall–Kier alpha value is -0.530. The first-order valence-corrected chi connectivity index (χ1v) is 2.53. The van der Waals surface area contributed by atoms with Gasteiger partial charge in [0.25, 0.3) is 0 Å². The zero-order valence-corrected chi connectivity index (χ0v) is 5.56. The Morgan fingerprint density at radius 3 is 2.25 bits per heavy atom. The average Bonchev–Trinajstić information content (AvgIpc) is 1.67. The molecule has 2 nitrogen and oxygen atoms in total. The predicted molar refractivity (Wildman–Crippen MR) is 32.2 cm³/mol. The van der Waals surface area contributed by atoms with Crippen molar-refractivity contribution in [2.75, 3.05) is 14.1 Å². The summed E-state index contributed by atoms with van der Waals surface area (Å²) in [6.07, 6.45) is 3.18. The molecule has 0 atom stereocenters. The van der Waals surface area contributed by atoms with Crippen LogP contribution in [0, 0.1) is 6.42 Å². The molecule has 0 aromatic carbocycles. The largest absolute Gasteiger partial charge is 0.349 e. The van der Waals surface area contributed by atoms with Crippen molar-refractivity contribution >= 4 is 5.91 Å². The topological polar surface area (TPSA) is 20.3 Å². The second-order valence-corrected chi connectivity index (χ2v) is 1.82. The number of hydrogen-bond acceptors (Lipinski definition) is 1. The summed E-state index contributed by atoms with van der Waals surface area (Å²) in [7, 11) is 3.47. The highest BCUT2D eigenvalue weighted by Gasteiger charge is 1.99. The van der Waals surface area contributed by atoms with E-state index < -0.39 is 0 Å². The van der Waals surface area contributed by atoms with Gasteiger partial charge in [-0.05, 0) is 6.42 Å². The van der Waals surface area contributed by atoms with Crippen LogP contribution in [0.2, 0.25) is 0 Å². The quantitative estimate of drug-likeness (QED) is 0.512. The molecule has 1 amide bonds. The highest BCUT2D eigenvalue weighted by molar-refractivity contribution is 5.76. The Morgan fingerprint density at radius 1 is 1.62 bits per heavy atom. The third kappa shape index (κ3) is 2.61. The Labute approximate surface area is 50.5 Å². The Morgan fingerprint density at radius 2 is 2.12 bits per heavy atom. The molecule has 46 valence electrons. The van der Waals surface area contributed by atoms with Gasteiger partial charge in [0.2, 0.25) is 5.91 Å². The van der Waals surface area contributed by atoms with Crippen LogP contribution >= 0.6 is 0 Å². The first-order chi connectivity index (χ1) is 3.68. The van der Waals surface area contributed by atoms with Gasteiger partial charge in [-0.25, -0.2) is 0 Å². The molecule has 0 N–H and O–H groups in total. The molecule has 0 unspecified atom stereocenters. The monoisotopic (exact) mass is 113 g/mol. The van der Waals surface area contributed by atoms with Gasteiger partial charge in [0, 0.05) is 20.5 Å². The molecular weight excluding hydrogens is 102 g/mol. The summed E-state index contributed by atoms with van der Waals surface area (Å²) in [4.78, 5) is 12.2. The molecule has 0 fully saturated rings. The fourth-order valence-electron chi connectivity index (χ4n) is 0.309. The van der Waals surface area contributed by atoms with Gasteiger partial charge in [0.1, 0.15) is 0 Å². The molecule has 0 aromatic rings. The Kier molecular flexibility index (Phi) is 3.24. The fourth-order valence-corrected chi connectivity index (χ4v) is 0.309. The average molecular weight is 113 g/mol. The number of rotatable bonds is 2. The third-order valence-corrected chi connectivity index (χ3v) is 0.827. The van der Waals surface area contributed by atoms with Gasteiger partial charge < -0.3 is 4.90 Å². The first kappa shape index (κ1) is 7.47. The number of amides is 1. The van der Waals surface area contributed by atoms with E-state index >= 15 is 0 Å². The lowest BCUT2D eigenvalue weighted by atomic mass is 10.3. The van der Waals surface area contributed by atoms with Crippen LogP contribution in [0.3, 0.4) is 0 Å². The van der Waals surface area contributed by atoms with E-state index in [9.17, 15) is 4.79 Å². The maximum Gasteiger partial charge on any atom is 0.222 e. The van der Waals surface area contributed by atoms with Crippen molar-refractivity contribution in [3.05, 3.63) is 6.42 Å². The summed E-state index contributed by atoms with van der Waals surface area (Å²) < 4.78 is 0. The number of hydrogen-bond donors (Lipinski definition) is 0. The summed E-state index contributed by atoms with van der Waals surface area (Å²) in [6.45, 7) is 1.75. The predicted octanol–water partition coefficient (Wildman–Crippen LogP) is 0.566. The van der Waals surface area contributed by atoms with Crippen LogP contribution in [-0.4, -0.2) is 24.9 Å². The molecule has 0 rings (SSSR count). The second-order valence-electron chi connectivity index (χ2n) is 1.82. The van der Waals surface area contributed by atoms with Gasteiger partial charge in [0.05, 0.1) is 0 Å². The number of carbonyl (C=O) groups is 1. The molecule has 2 radical (unpaired) electrons. The van der Waals surface area contributed by atoms with Crippen LogP contribution in [0.25, 0.3) is 0 Å². The van der Waals surface area contributed by atoms with Gasteiger partial charge >= 0.3 is 0 Å². The molecule has 0 saturated heterocycles. The molecule has 2 heteroatoms. The van der Waals surface area contributed by atoms with Crippen molar-refractivity contribution in [3.8, 4) is 0 Å². The molecular formula is C6H11NO. The standard InChI is InChI=1S/C6H11NO/c1-4-5-6(8)7(2)3/h5H2,1-3H3. The third-order valence-electron chi connectivity index (χ3n) is 0.827. The number of carbonyl (C=O) groups excluding carboxylic acids is 1. The highest BCUT2D eigenvalue weighted by Crippen LogP contribution is 1.88. The van der Waals surface area contributed by atoms with Crippen LogP contribution in [0.1, 0.15) is 13.3 Å². The summed E-state index contributed by atoms with van der Waals surface area (Å²) in [5.41, 5.74) is 0. The minimum absolute atomic E-state index is 0.104. The highest BCUT2D eigenvalue weighted by atomic mass is 16.2. The first-order valence-electron chi connectivity index (χ1n) is 2.53. The molecule has 0 aliphatic heterocycles. The van der Waals surface area contributed by atoms with Crippen LogP contribution in [0.15, 0.2) is 0 Å². The zero-order valence-electron chi connectivity index (χ0n) is 5.56. The molecule has 0 aromatic heterocycles. The zero-order chi connectivity index (χ0) is 6.57. The maximum absolute atomic E-state index is 10.6. The van der Waals surface area contributed by atoms with Crippen LogP contribution in [-0.2, 0) is 4.79 Å². The molecule has 0 aliphatic rings. The normalized spacial score (nSPS) is 8.88. The van der Waals surface area contributed by atoms with E-state index in [-0.39, 0.29) is 5.91 Å². The second kappa shape index (κ2) is 3.47. The van der Waals surface area contributed by atoms with Crippen molar-refractivity contribution < 1.29 is 4.79 Å². The van der Waals surface area contributed by atoms with Gasteiger partial charge in [0.15, 0.2) is 0 Å². The van der Waals surface area contributed by atoms with Crippen LogP contribution < -0.4 is 0 Å². The molecule has 0 bridgehead atoms. The van der Waals surface area contributed by atoms with Crippen molar-refractivity contribution in [3.63, 3.8) is 0 Å². The summed E-state index contributed by atoms with van der Waals surface area (Å²) in [5.74, 6) is 0.104. The van der Waals surface area contributed by atoms with Gasteiger partial charge in [-0.1, -0.05) is 6.92 Å². The Bertz CT molecular complexity index is 78.6. The molecule has 0 heterocycles. The van der Waals surface area contributed by atoms with E-state index in [4.69, 9.17) is 0 Å². The molecule has 0 spiro atoms. The minimum Gasteiger partial charge on any atom is -0.349 e. The molecule has 0 saturated carbocycles. The van der Waals surface area contributed by atoms with Crippen LogP contribution in [0.5, 0.6) is 0 Å². The van der Waals surface area contributed by atoms with Crippen molar-refractivity contribution in [2.24, 2.45) is 0 Å². The van der Waals surface area contributed by atoms with E-state index in [0.717, 1.165) is 0 Å². The lowest BCUT2D eigenvalue weighted by Gasteiger charge is -2.07. The lowest BCUT2D eigenvalue weighted by Crippen LogP contribution is -2.20. The molecule has 0 aliphatic carbocycles. The summed E-state index contributed by atoms with van der Waals surface area (Å²) in [6, 6.07) is 0. The minimum atomic E-state index is 0.104. The van der Waals surface area contributed by atoms with Crippen molar-refractivity contribution in [1.82, 2.24) is 4.90 Å². The van der Waals surface area contributed by atoms with E-state index in [1.165, 1.54) is 0 Å². The summed E-state index contributed by atoms with van der Waals surface area (Å²) >= 11 is 0. The van der Waals surface area contributed by atoms with Crippen molar-refractivity contribution in [2.45, 2.75) is 13.3 Å². The van der Waals surface area contributed by atoms with E-state index in [1.807, 2.05) is 0 Å². The lowest BCUT2D eigenvalue weighted by molar-refractivity contribution is -0.128. The maximum atomic E-state index is 10.6. The van der Waals surface area contributed by atoms with Crippen LogP contribution in [0.4, 0.5) is 0 Å². The Balaban J connectivity index is 3.33.